The Hall–Kier alpha value is -3.28. The summed E-state index contributed by atoms with van der Waals surface area (Å²) in [5.74, 6) is 0. The van der Waals surface area contributed by atoms with Crippen molar-refractivity contribution in [3.63, 3.8) is 0 Å². The quantitative estimate of drug-likeness (QED) is 0.297. The van der Waals surface area contributed by atoms with Gasteiger partial charge in [-0.2, -0.15) is 0 Å². The average Bonchev–Trinajstić information content (AvgIpc) is 3.38. The number of benzene rings is 3. The molecular weight excluding hydrogens is 400 g/mol. The number of aromatic nitrogens is 2. The molecule has 0 unspecified atom stereocenters. The van der Waals surface area contributed by atoms with Gasteiger partial charge in [-0.3, -0.25) is 0 Å². The smallest absolute Gasteiger partial charge is 0.230 e. The average molecular weight is 415 g/mol. The first-order chi connectivity index (χ1) is 14.3. The fraction of sp³-hybridized carbons (Fsp3) is 0. The molecule has 0 fully saturated rings. The molecule has 0 amide bonds. The molecule has 4 nitrogen and oxygen atoms in total. The van der Waals surface area contributed by atoms with Crippen molar-refractivity contribution < 1.29 is 0 Å². The molecular formula is C23H15ClN4S. The number of fused-ring (bicyclic) bond motifs is 1. The Bertz CT molecular complexity index is 1300. The summed E-state index contributed by atoms with van der Waals surface area (Å²) in [7, 11) is 0. The van der Waals surface area contributed by atoms with Gasteiger partial charge in [-0.25, -0.2) is 4.98 Å². The molecule has 1 N–H and O–H groups in total. The van der Waals surface area contributed by atoms with Crippen molar-refractivity contribution in [3.8, 4) is 22.5 Å². The zero-order valence-electron chi connectivity index (χ0n) is 15.2. The van der Waals surface area contributed by atoms with E-state index < -0.39 is 0 Å². The van der Waals surface area contributed by atoms with E-state index in [4.69, 9.17) is 11.6 Å². The molecule has 2 aromatic heterocycles. The molecule has 2 heterocycles. The number of hydrogen-bond acceptors (Lipinski definition) is 4. The third-order valence-electron chi connectivity index (χ3n) is 4.61. The number of para-hydroxylation sites is 1. The Morgan fingerprint density at radius 3 is 2.38 bits per heavy atom. The summed E-state index contributed by atoms with van der Waals surface area (Å²) < 4.78 is 0. The number of rotatable bonds is 4. The lowest BCUT2D eigenvalue weighted by molar-refractivity contribution is 1.20. The highest BCUT2D eigenvalue weighted by Crippen LogP contribution is 2.38. The zero-order chi connectivity index (χ0) is 19.6. The molecule has 0 aliphatic carbocycles. The summed E-state index contributed by atoms with van der Waals surface area (Å²) in [6, 6.07) is 25.9. The first-order valence-corrected chi connectivity index (χ1v) is 10.3. The van der Waals surface area contributed by atoms with Crippen LogP contribution >= 0.6 is 22.9 Å². The van der Waals surface area contributed by atoms with Crippen LogP contribution in [0.15, 0.2) is 94.5 Å². The van der Waals surface area contributed by atoms with Crippen molar-refractivity contribution in [2.45, 2.75) is 0 Å². The Labute approximate surface area is 176 Å². The Kier molecular flexibility index (Phi) is 4.68. The third kappa shape index (κ3) is 3.58. The van der Waals surface area contributed by atoms with Gasteiger partial charge in [-0.1, -0.05) is 72.3 Å². The van der Waals surface area contributed by atoms with Gasteiger partial charge in [0, 0.05) is 32.4 Å². The summed E-state index contributed by atoms with van der Waals surface area (Å²) >= 11 is 7.43. The minimum atomic E-state index is 0.610. The molecule has 0 aliphatic rings. The second-order valence-corrected chi connectivity index (χ2v) is 7.76. The highest BCUT2D eigenvalue weighted by molar-refractivity contribution is 7.13. The molecule has 0 saturated heterocycles. The van der Waals surface area contributed by atoms with E-state index in [-0.39, 0.29) is 0 Å². The minimum Gasteiger partial charge on any atom is -0.353 e. The summed E-state index contributed by atoms with van der Waals surface area (Å²) in [5.41, 5.74) is 5.73. The van der Waals surface area contributed by atoms with Crippen LogP contribution in [-0.2, 0) is 0 Å². The standard InChI is InChI=1S/C23H15ClN4S/c24-17-12-10-15(11-13-17)20-14-29-23(26-20)28-27-22-18-8-4-5-9-19(18)25-21(22)16-6-2-1-3-7-16/h1-14,25H. The van der Waals surface area contributed by atoms with E-state index >= 15 is 0 Å². The zero-order valence-corrected chi connectivity index (χ0v) is 16.8. The molecule has 29 heavy (non-hydrogen) atoms. The minimum absolute atomic E-state index is 0.610. The second kappa shape index (κ2) is 7.62. The number of aromatic amines is 1. The van der Waals surface area contributed by atoms with E-state index in [1.54, 1.807) is 0 Å². The van der Waals surface area contributed by atoms with Gasteiger partial charge in [0.1, 0.15) is 5.69 Å². The summed E-state index contributed by atoms with van der Waals surface area (Å²) in [6.45, 7) is 0. The molecule has 0 saturated carbocycles. The number of nitrogens with zero attached hydrogens (tertiary/aromatic N) is 3. The van der Waals surface area contributed by atoms with Crippen LogP contribution in [0.3, 0.4) is 0 Å². The van der Waals surface area contributed by atoms with Crippen molar-refractivity contribution in [3.05, 3.63) is 89.3 Å². The predicted octanol–water partition coefficient (Wildman–Crippen LogP) is 8.03. The molecule has 3 aromatic carbocycles. The maximum atomic E-state index is 5.97. The predicted molar refractivity (Wildman–Crippen MR) is 120 cm³/mol. The first kappa shape index (κ1) is 17.8. The summed E-state index contributed by atoms with van der Waals surface area (Å²) in [6.07, 6.45) is 0. The van der Waals surface area contributed by atoms with Gasteiger partial charge >= 0.3 is 0 Å². The lowest BCUT2D eigenvalue weighted by Gasteiger charge is -1.99. The second-order valence-electron chi connectivity index (χ2n) is 6.48. The fourth-order valence-electron chi connectivity index (χ4n) is 3.20. The van der Waals surface area contributed by atoms with Gasteiger partial charge in [-0.05, 0) is 18.2 Å². The molecule has 0 atom stereocenters. The lowest BCUT2D eigenvalue weighted by atomic mass is 10.1. The number of nitrogens with one attached hydrogen (secondary N) is 1. The number of halogens is 1. The Morgan fingerprint density at radius 1 is 0.793 bits per heavy atom. The Morgan fingerprint density at radius 2 is 1.55 bits per heavy atom. The monoisotopic (exact) mass is 414 g/mol. The van der Waals surface area contributed by atoms with Gasteiger partial charge < -0.3 is 4.98 Å². The van der Waals surface area contributed by atoms with Crippen LogP contribution in [0.4, 0.5) is 10.8 Å². The lowest BCUT2D eigenvalue weighted by Crippen LogP contribution is -1.77. The van der Waals surface area contributed by atoms with Crippen molar-refractivity contribution in [2.75, 3.05) is 0 Å². The van der Waals surface area contributed by atoms with Crippen LogP contribution in [0.5, 0.6) is 0 Å². The third-order valence-corrected chi connectivity index (χ3v) is 5.59. The highest BCUT2D eigenvalue weighted by atomic mass is 35.5. The maximum Gasteiger partial charge on any atom is 0.230 e. The van der Waals surface area contributed by atoms with Crippen LogP contribution in [-0.4, -0.2) is 9.97 Å². The van der Waals surface area contributed by atoms with Crippen LogP contribution in [0, 0.1) is 0 Å². The molecule has 0 spiro atoms. The fourth-order valence-corrected chi connectivity index (χ4v) is 3.97. The van der Waals surface area contributed by atoms with Gasteiger partial charge in [-0.15, -0.1) is 21.6 Å². The van der Waals surface area contributed by atoms with E-state index in [1.165, 1.54) is 11.3 Å². The van der Waals surface area contributed by atoms with E-state index in [2.05, 4.69) is 32.3 Å². The first-order valence-electron chi connectivity index (χ1n) is 9.07. The Balaban J connectivity index is 1.53. The number of azo groups is 1. The molecule has 5 aromatic rings. The van der Waals surface area contributed by atoms with Crippen molar-refractivity contribution >= 4 is 44.7 Å². The van der Waals surface area contributed by atoms with E-state index in [0.717, 1.165) is 39.1 Å². The van der Waals surface area contributed by atoms with Crippen LogP contribution in [0.1, 0.15) is 0 Å². The molecule has 0 aliphatic heterocycles. The van der Waals surface area contributed by atoms with Crippen molar-refractivity contribution in [1.82, 2.24) is 9.97 Å². The molecule has 0 bridgehead atoms. The summed E-state index contributed by atoms with van der Waals surface area (Å²) in [4.78, 5) is 8.07. The normalized spacial score (nSPS) is 11.5. The van der Waals surface area contributed by atoms with E-state index in [1.807, 2.05) is 72.1 Å². The number of thiazole rings is 1. The topological polar surface area (TPSA) is 53.4 Å². The highest BCUT2D eigenvalue weighted by Gasteiger charge is 2.13. The van der Waals surface area contributed by atoms with Crippen LogP contribution in [0.2, 0.25) is 5.02 Å². The number of hydrogen-bond donors (Lipinski definition) is 1. The van der Waals surface area contributed by atoms with Crippen LogP contribution < -0.4 is 0 Å². The van der Waals surface area contributed by atoms with Crippen LogP contribution in [0.25, 0.3) is 33.4 Å². The van der Waals surface area contributed by atoms with Gasteiger partial charge in [0.25, 0.3) is 0 Å². The number of H-pyrrole nitrogens is 1. The SMILES string of the molecule is Clc1ccc(-c2csc(N=Nc3c(-c4ccccc4)[nH]c4ccccc34)n2)cc1. The van der Waals surface area contributed by atoms with Crippen molar-refractivity contribution in [1.29, 1.82) is 0 Å². The molecule has 6 heteroatoms. The van der Waals surface area contributed by atoms with Gasteiger partial charge in [0.05, 0.1) is 11.4 Å². The molecule has 5 rings (SSSR count). The molecule has 0 radical (unpaired) electrons. The largest absolute Gasteiger partial charge is 0.353 e. The molecule has 140 valence electrons. The summed E-state index contributed by atoms with van der Waals surface area (Å²) in [5, 5.41) is 13.3. The van der Waals surface area contributed by atoms with Gasteiger partial charge in [0.15, 0.2) is 0 Å². The van der Waals surface area contributed by atoms with Crippen molar-refractivity contribution in [2.24, 2.45) is 10.2 Å². The maximum absolute atomic E-state index is 5.97. The van der Waals surface area contributed by atoms with E-state index in [0.29, 0.717) is 10.2 Å². The van der Waals surface area contributed by atoms with E-state index in [9.17, 15) is 0 Å². The van der Waals surface area contributed by atoms with Gasteiger partial charge in [0.2, 0.25) is 5.13 Å².